The Morgan fingerprint density at radius 3 is 2.50 bits per heavy atom. The first-order valence-corrected chi connectivity index (χ1v) is 3.67. The van der Waals surface area contributed by atoms with E-state index in [-0.39, 0.29) is 11.7 Å². The van der Waals surface area contributed by atoms with Gasteiger partial charge in [0.25, 0.3) is 5.91 Å². The van der Waals surface area contributed by atoms with E-state index in [1.165, 1.54) is 6.07 Å². The minimum Gasteiger partial charge on any atom is -0.384 e. The van der Waals surface area contributed by atoms with Crippen LogP contribution in [0.2, 0.25) is 0 Å². The quantitative estimate of drug-likeness (QED) is 0.658. The maximum Gasteiger partial charge on any atom is 0.269 e. The molecule has 5 nitrogen and oxygen atoms in total. The van der Waals surface area contributed by atoms with Gasteiger partial charge in [-0.2, -0.15) is 5.10 Å². The average molecular weight is 168 g/mol. The highest BCUT2D eigenvalue weighted by Gasteiger charge is 2.10. The molecule has 0 bridgehead atoms. The lowest BCUT2D eigenvalue weighted by Crippen LogP contribution is -2.13. The van der Waals surface area contributed by atoms with Crippen molar-refractivity contribution in [2.45, 2.75) is 19.9 Å². The van der Waals surface area contributed by atoms with Gasteiger partial charge in [-0.3, -0.25) is 4.79 Å². The number of nitrogens with two attached hydrogens (primary N) is 2. The van der Waals surface area contributed by atoms with Crippen LogP contribution in [0, 0.1) is 0 Å². The summed E-state index contributed by atoms with van der Waals surface area (Å²) in [7, 11) is 0. The topological polar surface area (TPSA) is 86.9 Å². The lowest BCUT2D eigenvalue weighted by molar-refractivity contribution is 0.0994. The van der Waals surface area contributed by atoms with Gasteiger partial charge in [0.15, 0.2) is 5.69 Å². The van der Waals surface area contributed by atoms with Gasteiger partial charge in [0.05, 0.1) is 0 Å². The van der Waals surface area contributed by atoms with Crippen LogP contribution in [0.5, 0.6) is 0 Å². The molecule has 12 heavy (non-hydrogen) atoms. The first kappa shape index (κ1) is 8.58. The molecule has 0 saturated heterocycles. The molecule has 0 aliphatic heterocycles. The molecule has 66 valence electrons. The van der Waals surface area contributed by atoms with Crippen LogP contribution in [0.1, 0.15) is 30.4 Å². The van der Waals surface area contributed by atoms with Crippen molar-refractivity contribution in [1.29, 1.82) is 0 Å². The predicted molar refractivity (Wildman–Crippen MR) is 45.5 cm³/mol. The second kappa shape index (κ2) is 2.84. The van der Waals surface area contributed by atoms with E-state index in [1.807, 2.05) is 13.8 Å². The minimum absolute atomic E-state index is 0.137. The van der Waals surface area contributed by atoms with E-state index >= 15 is 0 Å². The van der Waals surface area contributed by atoms with Crippen LogP contribution in [0.15, 0.2) is 6.07 Å². The number of rotatable bonds is 2. The van der Waals surface area contributed by atoms with Gasteiger partial charge in [-0.05, 0) is 13.8 Å². The summed E-state index contributed by atoms with van der Waals surface area (Å²) in [6.07, 6.45) is 0. The van der Waals surface area contributed by atoms with E-state index in [0.29, 0.717) is 5.82 Å². The third-order valence-corrected chi connectivity index (χ3v) is 1.51. The third kappa shape index (κ3) is 1.39. The van der Waals surface area contributed by atoms with E-state index in [1.54, 1.807) is 4.68 Å². The van der Waals surface area contributed by atoms with Crippen molar-refractivity contribution in [2.75, 3.05) is 5.73 Å². The molecule has 0 spiro atoms. The highest BCUT2D eigenvalue weighted by atomic mass is 16.1. The molecule has 0 fully saturated rings. The Kier molecular flexibility index (Phi) is 2.03. The van der Waals surface area contributed by atoms with Crippen LogP contribution in [0.4, 0.5) is 5.82 Å². The fourth-order valence-electron chi connectivity index (χ4n) is 0.943. The van der Waals surface area contributed by atoms with Crippen LogP contribution in [-0.2, 0) is 0 Å². The van der Waals surface area contributed by atoms with E-state index < -0.39 is 5.91 Å². The molecule has 1 rings (SSSR count). The second-order valence-electron chi connectivity index (χ2n) is 2.86. The number of nitrogen functional groups attached to an aromatic ring is 1. The molecule has 1 heterocycles. The van der Waals surface area contributed by atoms with Gasteiger partial charge in [-0.15, -0.1) is 0 Å². The molecule has 0 aliphatic rings. The molecule has 1 aromatic heterocycles. The van der Waals surface area contributed by atoms with Gasteiger partial charge in [-0.1, -0.05) is 0 Å². The molecule has 0 aromatic carbocycles. The van der Waals surface area contributed by atoms with Crippen molar-refractivity contribution < 1.29 is 4.79 Å². The molecule has 0 atom stereocenters. The van der Waals surface area contributed by atoms with Crippen molar-refractivity contribution in [3.8, 4) is 0 Å². The number of hydrogen-bond acceptors (Lipinski definition) is 3. The number of carbonyl (C=O) groups is 1. The van der Waals surface area contributed by atoms with Crippen molar-refractivity contribution >= 4 is 11.7 Å². The highest BCUT2D eigenvalue weighted by molar-refractivity contribution is 5.91. The zero-order chi connectivity index (χ0) is 9.30. The summed E-state index contributed by atoms with van der Waals surface area (Å²) in [6.45, 7) is 3.85. The van der Waals surface area contributed by atoms with Crippen LogP contribution >= 0.6 is 0 Å². The van der Waals surface area contributed by atoms with Gasteiger partial charge in [-0.25, -0.2) is 4.68 Å². The molecule has 5 heteroatoms. The molecular weight excluding hydrogens is 156 g/mol. The van der Waals surface area contributed by atoms with Crippen LogP contribution in [0.25, 0.3) is 0 Å². The molecule has 0 unspecified atom stereocenters. The maximum absolute atomic E-state index is 10.7. The first-order chi connectivity index (χ1) is 5.52. The van der Waals surface area contributed by atoms with E-state index in [9.17, 15) is 4.79 Å². The molecule has 0 saturated carbocycles. The molecule has 1 aromatic rings. The number of aromatic nitrogens is 2. The second-order valence-corrected chi connectivity index (χ2v) is 2.86. The zero-order valence-corrected chi connectivity index (χ0v) is 7.11. The van der Waals surface area contributed by atoms with Gasteiger partial charge < -0.3 is 11.5 Å². The van der Waals surface area contributed by atoms with Crippen molar-refractivity contribution in [3.63, 3.8) is 0 Å². The average Bonchev–Trinajstić information content (AvgIpc) is 2.30. The summed E-state index contributed by atoms with van der Waals surface area (Å²) in [5.74, 6) is -0.0973. The Labute approximate surface area is 70.3 Å². The summed E-state index contributed by atoms with van der Waals surface area (Å²) in [4.78, 5) is 10.7. The SMILES string of the molecule is CC(C)n1nc(C(N)=O)cc1N. The Bertz CT molecular complexity index is 302. The van der Waals surface area contributed by atoms with Crippen LogP contribution < -0.4 is 11.5 Å². The van der Waals surface area contributed by atoms with Crippen molar-refractivity contribution in [3.05, 3.63) is 11.8 Å². The summed E-state index contributed by atoms with van der Waals surface area (Å²) in [6, 6.07) is 1.61. The summed E-state index contributed by atoms with van der Waals surface area (Å²) >= 11 is 0. The van der Waals surface area contributed by atoms with E-state index in [4.69, 9.17) is 11.5 Å². The number of hydrogen-bond donors (Lipinski definition) is 2. The zero-order valence-electron chi connectivity index (χ0n) is 7.11. The third-order valence-electron chi connectivity index (χ3n) is 1.51. The number of primary amides is 1. The Morgan fingerprint density at radius 1 is 1.67 bits per heavy atom. The van der Waals surface area contributed by atoms with Crippen LogP contribution in [0.3, 0.4) is 0 Å². The number of amides is 1. The number of anilines is 1. The van der Waals surface area contributed by atoms with Crippen molar-refractivity contribution in [2.24, 2.45) is 5.73 Å². The Morgan fingerprint density at radius 2 is 2.25 bits per heavy atom. The standard InChI is InChI=1S/C7H12N4O/c1-4(2)11-6(8)3-5(10-11)7(9)12/h3-4H,8H2,1-2H3,(H2,9,12). The fraction of sp³-hybridized carbons (Fsp3) is 0.429. The number of carbonyl (C=O) groups excluding carboxylic acids is 1. The van der Waals surface area contributed by atoms with Gasteiger partial charge in [0, 0.05) is 12.1 Å². The van der Waals surface area contributed by atoms with E-state index in [0.717, 1.165) is 0 Å². The summed E-state index contributed by atoms with van der Waals surface area (Å²) in [5.41, 5.74) is 10.8. The lowest BCUT2D eigenvalue weighted by atomic mass is 10.4. The molecule has 0 aliphatic carbocycles. The van der Waals surface area contributed by atoms with Gasteiger partial charge in [0.2, 0.25) is 0 Å². The monoisotopic (exact) mass is 168 g/mol. The minimum atomic E-state index is -0.555. The molecule has 4 N–H and O–H groups in total. The highest BCUT2D eigenvalue weighted by Crippen LogP contribution is 2.11. The van der Waals surface area contributed by atoms with E-state index in [2.05, 4.69) is 5.10 Å². The number of nitrogens with zero attached hydrogens (tertiary/aromatic N) is 2. The van der Waals surface area contributed by atoms with Gasteiger partial charge >= 0.3 is 0 Å². The summed E-state index contributed by atoms with van der Waals surface area (Å²) in [5, 5.41) is 3.93. The smallest absolute Gasteiger partial charge is 0.269 e. The molecule has 1 amide bonds. The fourth-order valence-corrected chi connectivity index (χ4v) is 0.943. The Hall–Kier alpha value is -1.52. The lowest BCUT2D eigenvalue weighted by Gasteiger charge is -2.05. The van der Waals surface area contributed by atoms with Gasteiger partial charge in [0.1, 0.15) is 5.82 Å². The molecule has 0 radical (unpaired) electrons. The normalized spacial score (nSPS) is 10.6. The predicted octanol–water partition coefficient (Wildman–Crippen LogP) is 0.145. The maximum atomic E-state index is 10.7. The van der Waals surface area contributed by atoms with Crippen LogP contribution in [-0.4, -0.2) is 15.7 Å². The largest absolute Gasteiger partial charge is 0.384 e. The summed E-state index contributed by atoms with van der Waals surface area (Å²) < 4.78 is 1.56. The first-order valence-electron chi connectivity index (χ1n) is 3.67. The van der Waals surface area contributed by atoms with Crippen molar-refractivity contribution in [1.82, 2.24) is 9.78 Å². The molecular formula is C7H12N4O. The Balaban J connectivity index is 3.09.